The second-order valence-electron chi connectivity index (χ2n) is 7.81. The van der Waals surface area contributed by atoms with Crippen LogP contribution in [-0.4, -0.2) is 34.1 Å². The first-order chi connectivity index (χ1) is 15.0. The van der Waals surface area contributed by atoms with Gasteiger partial charge in [-0.1, -0.05) is 24.2 Å². The van der Waals surface area contributed by atoms with Crippen LogP contribution in [0.1, 0.15) is 44.2 Å². The van der Waals surface area contributed by atoms with Crippen molar-refractivity contribution in [3.8, 4) is 11.4 Å². The summed E-state index contributed by atoms with van der Waals surface area (Å²) < 4.78 is 18.4. The highest BCUT2D eigenvalue weighted by Crippen LogP contribution is 2.30. The van der Waals surface area contributed by atoms with Gasteiger partial charge in [-0.15, -0.1) is 0 Å². The summed E-state index contributed by atoms with van der Waals surface area (Å²) in [5.41, 5.74) is 1.67. The molecule has 0 unspecified atom stereocenters. The lowest BCUT2D eigenvalue weighted by Crippen LogP contribution is -2.44. The summed E-state index contributed by atoms with van der Waals surface area (Å²) >= 11 is 0. The summed E-state index contributed by atoms with van der Waals surface area (Å²) in [6.07, 6.45) is 4.09. The summed E-state index contributed by atoms with van der Waals surface area (Å²) in [7, 11) is 0. The fourth-order valence-electron chi connectivity index (χ4n) is 3.88. The molecule has 2 aromatic heterocycles. The molecule has 4 rings (SSSR count). The highest BCUT2D eigenvalue weighted by Gasteiger charge is 2.29. The molecule has 3 heterocycles. The van der Waals surface area contributed by atoms with Crippen molar-refractivity contribution in [1.82, 2.24) is 20.4 Å². The van der Waals surface area contributed by atoms with Gasteiger partial charge in [0.1, 0.15) is 11.6 Å². The number of aryl methyl sites for hydroxylation is 1. The Labute approximate surface area is 180 Å². The van der Waals surface area contributed by atoms with Crippen molar-refractivity contribution in [2.45, 2.75) is 39.2 Å². The van der Waals surface area contributed by atoms with E-state index in [4.69, 9.17) is 4.52 Å². The van der Waals surface area contributed by atoms with Crippen molar-refractivity contribution >= 4 is 11.7 Å². The van der Waals surface area contributed by atoms with Crippen LogP contribution < -0.4 is 10.2 Å². The molecular formula is C23H26FN5O2. The van der Waals surface area contributed by atoms with Gasteiger partial charge in [-0.2, -0.15) is 4.98 Å². The predicted molar refractivity (Wildman–Crippen MR) is 115 cm³/mol. The summed E-state index contributed by atoms with van der Waals surface area (Å²) in [5, 5.41) is 7.15. The van der Waals surface area contributed by atoms with Crippen LogP contribution in [0.5, 0.6) is 0 Å². The number of hydrogen-bond acceptors (Lipinski definition) is 6. The van der Waals surface area contributed by atoms with E-state index in [0.29, 0.717) is 24.7 Å². The highest BCUT2D eigenvalue weighted by atomic mass is 19.1. The zero-order valence-electron chi connectivity index (χ0n) is 17.7. The Hall–Kier alpha value is -3.29. The Morgan fingerprint density at radius 2 is 2.13 bits per heavy atom. The average molecular weight is 423 g/mol. The van der Waals surface area contributed by atoms with Gasteiger partial charge in [0, 0.05) is 25.7 Å². The summed E-state index contributed by atoms with van der Waals surface area (Å²) in [6, 6.07) is 9.79. The molecular weight excluding hydrogens is 397 g/mol. The van der Waals surface area contributed by atoms with Gasteiger partial charge in [0.2, 0.25) is 17.6 Å². The standard InChI is InChI=1S/C23H26FN5O2/c1-3-20-27-21(28-31-20)19-7-4-12-25-22(19)29-13-5-6-17(14-29)23(30)26-15(2)16-8-10-18(24)11-9-16/h4,7-12,15,17H,3,5-6,13-14H2,1-2H3,(H,26,30)/t15-,17+/m0/s1. The van der Waals surface area contributed by atoms with Crippen LogP contribution in [-0.2, 0) is 11.2 Å². The smallest absolute Gasteiger partial charge is 0.226 e. The maximum Gasteiger partial charge on any atom is 0.226 e. The first-order valence-electron chi connectivity index (χ1n) is 10.6. The molecule has 1 saturated heterocycles. The van der Waals surface area contributed by atoms with E-state index in [1.54, 1.807) is 18.3 Å². The topological polar surface area (TPSA) is 84.2 Å². The molecule has 162 valence electrons. The van der Waals surface area contributed by atoms with Crippen LogP contribution >= 0.6 is 0 Å². The zero-order valence-corrected chi connectivity index (χ0v) is 17.7. The number of aromatic nitrogens is 3. The van der Waals surface area contributed by atoms with Gasteiger partial charge in [0.25, 0.3) is 0 Å². The third-order valence-electron chi connectivity index (χ3n) is 5.62. The molecule has 1 N–H and O–H groups in total. The Morgan fingerprint density at radius 1 is 1.32 bits per heavy atom. The summed E-state index contributed by atoms with van der Waals surface area (Å²) in [4.78, 5) is 24.1. The van der Waals surface area contributed by atoms with Gasteiger partial charge >= 0.3 is 0 Å². The van der Waals surface area contributed by atoms with Crippen LogP contribution in [0.25, 0.3) is 11.4 Å². The number of piperidine rings is 1. The van der Waals surface area contributed by atoms with Crippen molar-refractivity contribution in [2.75, 3.05) is 18.0 Å². The molecule has 8 heteroatoms. The summed E-state index contributed by atoms with van der Waals surface area (Å²) in [6.45, 7) is 5.23. The fraction of sp³-hybridized carbons (Fsp3) is 0.391. The number of halogens is 1. The molecule has 1 aliphatic rings. The molecule has 0 bridgehead atoms. The van der Waals surface area contributed by atoms with E-state index < -0.39 is 0 Å². The first-order valence-corrected chi connectivity index (χ1v) is 10.6. The van der Waals surface area contributed by atoms with Crippen LogP contribution in [0.15, 0.2) is 47.1 Å². The molecule has 2 atom stereocenters. The number of carbonyl (C=O) groups excluding carboxylic acids is 1. The molecule has 0 radical (unpaired) electrons. The number of benzene rings is 1. The summed E-state index contributed by atoms with van der Waals surface area (Å²) in [5.74, 6) is 1.39. The third-order valence-corrected chi connectivity index (χ3v) is 5.62. The largest absolute Gasteiger partial charge is 0.355 e. The number of anilines is 1. The fourth-order valence-corrected chi connectivity index (χ4v) is 3.88. The number of carbonyl (C=O) groups is 1. The predicted octanol–water partition coefficient (Wildman–Crippen LogP) is 3.93. The minimum Gasteiger partial charge on any atom is -0.355 e. The lowest BCUT2D eigenvalue weighted by molar-refractivity contribution is -0.125. The van der Waals surface area contributed by atoms with Gasteiger partial charge in [-0.25, -0.2) is 9.37 Å². The molecule has 3 aromatic rings. The monoisotopic (exact) mass is 423 g/mol. The Kier molecular flexibility index (Phi) is 6.25. The van der Waals surface area contributed by atoms with E-state index in [2.05, 4.69) is 25.3 Å². The minimum absolute atomic E-state index is 0.00756. The lowest BCUT2D eigenvalue weighted by Gasteiger charge is -2.34. The van der Waals surface area contributed by atoms with Crippen molar-refractivity contribution in [2.24, 2.45) is 5.92 Å². The second-order valence-corrected chi connectivity index (χ2v) is 7.81. The van der Waals surface area contributed by atoms with E-state index >= 15 is 0 Å². The van der Waals surface area contributed by atoms with Crippen LogP contribution in [0.3, 0.4) is 0 Å². The highest BCUT2D eigenvalue weighted by molar-refractivity contribution is 5.80. The van der Waals surface area contributed by atoms with Crippen molar-refractivity contribution < 1.29 is 13.7 Å². The van der Waals surface area contributed by atoms with Gasteiger partial charge in [-0.05, 0) is 49.6 Å². The number of nitrogens with zero attached hydrogens (tertiary/aromatic N) is 4. The number of nitrogens with one attached hydrogen (secondary N) is 1. The van der Waals surface area contributed by atoms with Crippen LogP contribution in [0.4, 0.5) is 10.2 Å². The number of rotatable bonds is 6. The number of hydrogen-bond donors (Lipinski definition) is 1. The van der Waals surface area contributed by atoms with Crippen molar-refractivity contribution in [3.05, 3.63) is 59.9 Å². The molecule has 0 aliphatic carbocycles. The van der Waals surface area contributed by atoms with Crippen molar-refractivity contribution in [1.29, 1.82) is 0 Å². The van der Waals surface area contributed by atoms with Gasteiger partial charge in [-0.3, -0.25) is 4.79 Å². The normalized spacial score (nSPS) is 17.4. The zero-order chi connectivity index (χ0) is 21.8. The SMILES string of the molecule is CCc1nc(-c2cccnc2N2CCC[C@@H](C(=O)N[C@@H](C)c3ccc(F)cc3)C2)no1. The van der Waals surface area contributed by atoms with Gasteiger partial charge in [0.15, 0.2) is 0 Å². The van der Waals surface area contributed by atoms with E-state index in [1.807, 2.05) is 26.0 Å². The molecule has 1 fully saturated rings. The first kappa shape index (κ1) is 21.0. The van der Waals surface area contributed by atoms with Gasteiger partial charge in [0.05, 0.1) is 17.5 Å². The molecule has 0 spiro atoms. The molecule has 7 nitrogen and oxygen atoms in total. The van der Waals surface area contributed by atoms with Crippen LogP contribution in [0, 0.1) is 11.7 Å². The van der Waals surface area contributed by atoms with Crippen molar-refractivity contribution in [3.63, 3.8) is 0 Å². The molecule has 1 amide bonds. The quantitative estimate of drug-likeness (QED) is 0.647. The molecule has 1 aromatic carbocycles. The second kappa shape index (κ2) is 9.24. The minimum atomic E-state index is -0.288. The Balaban J connectivity index is 1.47. The Bertz CT molecular complexity index is 1040. The maximum atomic E-state index is 13.2. The molecule has 1 aliphatic heterocycles. The van der Waals surface area contributed by atoms with E-state index in [0.717, 1.165) is 36.3 Å². The van der Waals surface area contributed by atoms with E-state index in [1.165, 1.54) is 12.1 Å². The maximum absolute atomic E-state index is 13.2. The number of amides is 1. The number of pyridine rings is 1. The van der Waals surface area contributed by atoms with Crippen LogP contribution in [0.2, 0.25) is 0 Å². The lowest BCUT2D eigenvalue weighted by atomic mass is 9.96. The van der Waals surface area contributed by atoms with E-state index in [-0.39, 0.29) is 23.7 Å². The average Bonchev–Trinajstić information content (AvgIpc) is 3.29. The molecule has 31 heavy (non-hydrogen) atoms. The van der Waals surface area contributed by atoms with Gasteiger partial charge < -0.3 is 14.7 Å². The molecule has 0 saturated carbocycles. The Morgan fingerprint density at radius 3 is 2.87 bits per heavy atom. The third kappa shape index (κ3) is 4.73. The van der Waals surface area contributed by atoms with E-state index in [9.17, 15) is 9.18 Å².